The molecule has 0 saturated heterocycles. The number of esters is 1. The summed E-state index contributed by atoms with van der Waals surface area (Å²) in [7, 11) is 1.30. The highest BCUT2D eigenvalue weighted by atomic mass is 16.5. The van der Waals surface area contributed by atoms with Crippen LogP contribution in [0.4, 0.5) is 5.69 Å². The molecule has 3 aromatic carbocycles. The van der Waals surface area contributed by atoms with Crippen molar-refractivity contribution in [3.8, 4) is 5.75 Å². The van der Waals surface area contributed by atoms with Crippen LogP contribution in [0.3, 0.4) is 0 Å². The summed E-state index contributed by atoms with van der Waals surface area (Å²) >= 11 is 0. The van der Waals surface area contributed by atoms with Crippen molar-refractivity contribution in [3.63, 3.8) is 0 Å². The monoisotopic (exact) mass is 335 g/mol. The second kappa shape index (κ2) is 7.49. The zero-order chi connectivity index (χ0) is 17.6. The molecule has 5 nitrogen and oxygen atoms in total. The number of methoxy groups -OCH3 is 1. The van der Waals surface area contributed by atoms with Crippen LogP contribution in [-0.4, -0.2) is 25.6 Å². The van der Waals surface area contributed by atoms with Crippen molar-refractivity contribution >= 4 is 28.3 Å². The number of fused-ring (bicyclic) bond motifs is 1. The summed E-state index contributed by atoms with van der Waals surface area (Å²) in [5, 5.41) is 4.81. The van der Waals surface area contributed by atoms with Crippen molar-refractivity contribution in [1.82, 2.24) is 0 Å². The van der Waals surface area contributed by atoms with Gasteiger partial charge in [0.2, 0.25) is 0 Å². The third-order valence-electron chi connectivity index (χ3n) is 3.70. The van der Waals surface area contributed by atoms with Gasteiger partial charge in [-0.1, -0.05) is 42.5 Å². The summed E-state index contributed by atoms with van der Waals surface area (Å²) in [6, 6.07) is 20.2. The van der Waals surface area contributed by atoms with Gasteiger partial charge in [0.25, 0.3) is 5.91 Å². The number of para-hydroxylation sites is 1. The van der Waals surface area contributed by atoms with E-state index < -0.39 is 5.97 Å². The zero-order valence-corrected chi connectivity index (χ0v) is 13.7. The summed E-state index contributed by atoms with van der Waals surface area (Å²) in [5.41, 5.74) is 0.686. The topological polar surface area (TPSA) is 64.6 Å². The Balaban J connectivity index is 1.66. The summed E-state index contributed by atoms with van der Waals surface area (Å²) in [6.07, 6.45) is 0. The van der Waals surface area contributed by atoms with E-state index in [2.05, 4.69) is 5.32 Å². The summed E-state index contributed by atoms with van der Waals surface area (Å²) in [4.78, 5) is 23.8. The van der Waals surface area contributed by atoms with Gasteiger partial charge < -0.3 is 14.8 Å². The lowest BCUT2D eigenvalue weighted by Gasteiger charge is -2.11. The number of nitrogens with one attached hydrogen (secondary N) is 1. The SMILES string of the molecule is COC(=O)c1ccccc1NC(=O)COc1ccc2ccccc2c1. The Labute approximate surface area is 145 Å². The van der Waals surface area contributed by atoms with Crippen LogP contribution >= 0.6 is 0 Å². The Kier molecular flexibility index (Phi) is 4.95. The highest BCUT2D eigenvalue weighted by molar-refractivity contribution is 6.01. The van der Waals surface area contributed by atoms with Gasteiger partial charge in [0.1, 0.15) is 5.75 Å². The van der Waals surface area contributed by atoms with Gasteiger partial charge in [0.05, 0.1) is 18.4 Å². The first kappa shape index (κ1) is 16.5. The van der Waals surface area contributed by atoms with Gasteiger partial charge >= 0.3 is 5.97 Å². The number of benzene rings is 3. The van der Waals surface area contributed by atoms with Gasteiger partial charge in [0, 0.05) is 0 Å². The fourth-order valence-corrected chi connectivity index (χ4v) is 2.47. The van der Waals surface area contributed by atoms with E-state index >= 15 is 0 Å². The van der Waals surface area contributed by atoms with Crippen LogP contribution in [0.1, 0.15) is 10.4 Å². The fraction of sp³-hybridized carbons (Fsp3) is 0.100. The molecule has 0 unspecified atom stereocenters. The van der Waals surface area contributed by atoms with Crippen LogP contribution < -0.4 is 10.1 Å². The van der Waals surface area contributed by atoms with E-state index in [9.17, 15) is 9.59 Å². The Morgan fingerprint density at radius 2 is 1.64 bits per heavy atom. The van der Waals surface area contributed by atoms with E-state index in [4.69, 9.17) is 9.47 Å². The average Bonchev–Trinajstić information content (AvgIpc) is 2.66. The first-order valence-corrected chi connectivity index (χ1v) is 7.76. The molecule has 0 radical (unpaired) electrons. The number of hydrogen-bond donors (Lipinski definition) is 1. The Morgan fingerprint density at radius 3 is 2.44 bits per heavy atom. The van der Waals surface area contributed by atoms with Crippen LogP contribution in [0, 0.1) is 0 Å². The third-order valence-corrected chi connectivity index (χ3v) is 3.70. The maximum absolute atomic E-state index is 12.1. The van der Waals surface area contributed by atoms with Gasteiger partial charge in [-0.2, -0.15) is 0 Å². The minimum Gasteiger partial charge on any atom is -0.484 e. The van der Waals surface area contributed by atoms with Crippen molar-refractivity contribution in [2.45, 2.75) is 0 Å². The van der Waals surface area contributed by atoms with E-state index in [1.165, 1.54) is 7.11 Å². The first-order valence-electron chi connectivity index (χ1n) is 7.76. The number of carbonyl (C=O) groups is 2. The molecule has 0 atom stereocenters. The molecule has 1 amide bonds. The second-order valence-corrected chi connectivity index (χ2v) is 5.38. The van der Waals surface area contributed by atoms with Crippen LogP contribution in [0.25, 0.3) is 10.8 Å². The van der Waals surface area contributed by atoms with Crippen molar-refractivity contribution < 1.29 is 19.1 Å². The molecule has 126 valence electrons. The van der Waals surface area contributed by atoms with Gasteiger partial charge in [-0.15, -0.1) is 0 Å². The molecule has 0 saturated carbocycles. The number of hydrogen-bond acceptors (Lipinski definition) is 4. The number of ether oxygens (including phenoxy) is 2. The molecule has 5 heteroatoms. The van der Waals surface area contributed by atoms with Gasteiger partial charge in [0.15, 0.2) is 6.61 Å². The van der Waals surface area contributed by atoms with Crippen LogP contribution in [0.2, 0.25) is 0 Å². The van der Waals surface area contributed by atoms with Crippen molar-refractivity contribution in [2.24, 2.45) is 0 Å². The quantitative estimate of drug-likeness (QED) is 0.723. The van der Waals surface area contributed by atoms with Crippen molar-refractivity contribution in [2.75, 3.05) is 19.0 Å². The molecule has 0 aromatic heterocycles. The first-order chi connectivity index (χ1) is 12.2. The molecule has 1 N–H and O–H groups in total. The standard InChI is InChI=1S/C20H17NO4/c1-24-20(23)17-8-4-5-9-18(17)21-19(22)13-25-16-11-10-14-6-2-3-7-15(14)12-16/h2-12H,13H2,1H3,(H,21,22). The lowest BCUT2D eigenvalue weighted by molar-refractivity contribution is -0.118. The maximum Gasteiger partial charge on any atom is 0.339 e. The average molecular weight is 335 g/mol. The molecule has 3 rings (SSSR count). The summed E-state index contributed by atoms with van der Waals surface area (Å²) in [6.45, 7) is -0.159. The molecule has 0 fully saturated rings. The lowest BCUT2D eigenvalue weighted by atomic mass is 10.1. The smallest absolute Gasteiger partial charge is 0.339 e. The van der Waals surface area contributed by atoms with Gasteiger partial charge in [-0.3, -0.25) is 4.79 Å². The van der Waals surface area contributed by atoms with Crippen molar-refractivity contribution in [1.29, 1.82) is 0 Å². The number of amides is 1. The fourth-order valence-electron chi connectivity index (χ4n) is 2.47. The van der Waals surface area contributed by atoms with Crippen LogP contribution in [-0.2, 0) is 9.53 Å². The highest BCUT2D eigenvalue weighted by Crippen LogP contribution is 2.21. The van der Waals surface area contributed by atoms with Gasteiger partial charge in [-0.25, -0.2) is 4.79 Å². The van der Waals surface area contributed by atoms with E-state index in [1.54, 1.807) is 24.3 Å². The summed E-state index contributed by atoms with van der Waals surface area (Å²) in [5.74, 6) is -0.258. The predicted molar refractivity (Wildman–Crippen MR) is 95.9 cm³/mol. The van der Waals surface area contributed by atoms with E-state index in [0.717, 1.165) is 10.8 Å². The molecule has 3 aromatic rings. The number of anilines is 1. The van der Waals surface area contributed by atoms with Crippen molar-refractivity contribution in [3.05, 3.63) is 72.3 Å². The third kappa shape index (κ3) is 3.95. The Bertz CT molecular complexity index is 920. The second-order valence-electron chi connectivity index (χ2n) is 5.38. The molecule has 0 aliphatic carbocycles. The minimum atomic E-state index is -0.508. The number of rotatable bonds is 5. The largest absolute Gasteiger partial charge is 0.484 e. The Hall–Kier alpha value is -3.34. The molecular weight excluding hydrogens is 318 g/mol. The van der Waals surface area contributed by atoms with Crippen LogP contribution in [0.5, 0.6) is 5.75 Å². The zero-order valence-electron chi connectivity index (χ0n) is 13.7. The summed E-state index contributed by atoms with van der Waals surface area (Å²) < 4.78 is 10.3. The maximum atomic E-state index is 12.1. The molecule has 0 heterocycles. The number of carbonyl (C=O) groups excluding carboxylic acids is 2. The molecule has 25 heavy (non-hydrogen) atoms. The molecule has 0 aliphatic heterocycles. The molecule has 0 aliphatic rings. The lowest BCUT2D eigenvalue weighted by Crippen LogP contribution is -2.21. The molecule has 0 bridgehead atoms. The highest BCUT2D eigenvalue weighted by Gasteiger charge is 2.13. The van der Waals surface area contributed by atoms with Crippen LogP contribution in [0.15, 0.2) is 66.7 Å². The normalized spacial score (nSPS) is 10.3. The molecular formula is C20H17NO4. The van der Waals surface area contributed by atoms with E-state index in [1.807, 2.05) is 42.5 Å². The van der Waals surface area contributed by atoms with E-state index in [-0.39, 0.29) is 12.5 Å². The Morgan fingerprint density at radius 1 is 0.920 bits per heavy atom. The van der Waals surface area contributed by atoms with Gasteiger partial charge in [-0.05, 0) is 35.0 Å². The molecule has 0 spiro atoms. The minimum absolute atomic E-state index is 0.159. The predicted octanol–water partition coefficient (Wildman–Crippen LogP) is 3.64. The van der Waals surface area contributed by atoms with E-state index in [0.29, 0.717) is 17.0 Å².